The minimum absolute atomic E-state index is 0.183. The van der Waals surface area contributed by atoms with Gasteiger partial charge >= 0.3 is 5.97 Å². The lowest BCUT2D eigenvalue weighted by Crippen LogP contribution is -2.29. The van der Waals surface area contributed by atoms with Gasteiger partial charge in [0.1, 0.15) is 5.75 Å². The lowest BCUT2D eigenvalue weighted by molar-refractivity contribution is -0.164. The van der Waals surface area contributed by atoms with Gasteiger partial charge in [-0.2, -0.15) is 0 Å². The molecule has 0 spiro atoms. The fourth-order valence-corrected chi connectivity index (χ4v) is 3.38. The molecule has 0 saturated carbocycles. The van der Waals surface area contributed by atoms with Gasteiger partial charge in [-0.25, -0.2) is 4.79 Å². The molecule has 4 nitrogen and oxygen atoms in total. The summed E-state index contributed by atoms with van der Waals surface area (Å²) >= 11 is 0. The average Bonchev–Trinajstić information content (AvgIpc) is 2.53. The number of allylic oxidation sites excluding steroid dienone is 2. The molecule has 0 saturated heterocycles. The summed E-state index contributed by atoms with van der Waals surface area (Å²) in [4.78, 5) is 12.5. The highest BCUT2D eigenvalue weighted by molar-refractivity contribution is 5.83. The third-order valence-electron chi connectivity index (χ3n) is 4.88. The monoisotopic (exact) mass is 360 g/mol. The maximum Gasteiger partial charge on any atom is 0.339 e. The first-order chi connectivity index (χ1) is 11.9. The van der Waals surface area contributed by atoms with Gasteiger partial charge in [-0.3, -0.25) is 0 Å². The van der Waals surface area contributed by atoms with Gasteiger partial charge in [-0.15, -0.1) is 0 Å². The van der Waals surface area contributed by atoms with Crippen molar-refractivity contribution in [2.24, 2.45) is 5.41 Å². The lowest BCUT2D eigenvalue weighted by Gasteiger charge is -2.32. The first kappa shape index (κ1) is 20.5. The van der Waals surface area contributed by atoms with E-state index in [2.05, 4.69) is 19.9 Å². The minimum Gasteiger partial charge on any atom is -0.507 e. The molecule has 1 aromatic carbocycles. The molecule has 0 heterocycles. The molecule has 0 bridgehead atoms. The Labute approximate surface area is 157 Å². The standard InChI is InChI=1S/C22H32O4/c1-14-8-9-16(23)18(15-10-12-22(5,6)13-11-15)17(14)19(20(24)25-7)26-21(2,3)4/h8-10,19,23H,11-13H2,1-7H3. The van der Waals surface area contributed by atoms with E-state index in [4.69, 9.17) is 9.47 Å². The Bertz CT molecular complexity index is 708. The Morgan fingerprint density at radius 3 is 2.42 bits per heavy atom. The van der Waals surface area contributed by atoms with Gasteiger partial charge in [0.2, 0.25) is 0 Å². The Morgan fingerprint density at radius 2 is 1.92 bits per heavy atom. The molecule has 1 N–H and O–H groups in total. The zero-order valence-electron chi connectivity index (χ0n) is 17.1. The van der Waals surface area contributed by atoms with Crippen molar-refractivity contribution in [2.45, 2.75) is 72.5 Å². The number of esters is 1. The van der Waals surface area contributed by atoms with E-state index in [-0.39, 0.29) is 11.2 Å². The number of aryl methyl sites for hydroxylation is 1. The van der Waals surface area contributed by atoms with E-state index in [9.17, 15) is 9.90 Å². The van der Waals surface area contributed by atoms with Gasteiger partial charge in [-0.05, 0) is 69.6 Å². The zero-order chi connectivity index (χ0) is 19.7. The highest BCUT2D eigenvalue weighted by atomic mass is 16.6. The lowest BCUT2D eigenvalue weighted by atomic mass is 9.75. The number of carbonyl (C=O) groups is 1. The second kappa shape index (κ2) is 7.43. The topological polar surface area (TPSA) is 55.8 Å². The largest absolute Gasteiger partial charge is 0.507 e. The quantitative estimate of drug-likeness (QED) is 0.738. The van der Waals surface area contributed by atoms with Gasteiger partial charge in [0.25, 0.3) is 0 Å². The molecule has 4 heteroatoms. The van der Waals surface area contributed by atoms with Crippen molar-refractivity contribution in [3.05, 3.63) is 34.9 Å². The van der Waals surface area contributed by atoms with Gasteiger partial charge in [0.15, 0.2) is 6.10 Å². The predicted molar refractivity (Wildman–Crippen MR) is 104 cm³/mol. The Kier molecular flexibility index (Phi) is 5.86. The molecule has 0 aliphatic heterocycles. The average molecular weight is 360 g/mol. The maximum absolute atomic E-state index is 12.5. The van der Waals surface area contributed by atoms with E-state index >= 15 is 0 Å². The van der Waals surface area contributed by atoms with Crippen molar-refractivity contribution in [2.75, 3.05) is 7.11 Å². The summed E-state index contributed by atoms with van der Waals surface area (Å²) in [7, 11) is 1.36. The van der Waals surface area contributed by atoms with Crippen molar-refractivity contribution >= 4 is 11.5 Å². The second-order valence-corrected chi connectivity index (χ2v) is 8.92. The number of aromatic hydroxyl groups is 1. The van der Waals surface area contributed by atoms with Crippen LogP contribution in [-0.2, 0) is 14.3 Å². The fourth-order valence-electron chi connectivity index (χ4n) is 3.38. The number of phenolic OH excluding ortho intramolecular Hbond substituents is 1. The summed E-state index contributed by atoms with van der Waals surface area (Å²) in [6.07, 6.45) is 4.15. The van der Waals surface area contributed by atoms with Crippen LogP contribution in [0, 0.1) is 12.3 Å². The third kappa shape index (κ3) is 4.67. The molecule has 1 unspecified atom stereocenters. The van der Waals surface area contributed by atoms with Gasteiger partial charge in [-0.1, -0.05) is 26.0 Å². The smallest absolute Gasteiger partial charge is 0.339 e. The van der Waals surface area contributed by atoms with Crippen LogP contribution in [0.4, 0.5) is 0 Å². The van der Waals surface area contributed by atoms with Crippen molar-refractivity contribution in [1.29, 1.82) is 0 Å². The van der Waals surface area contributed by atoms with Crippen molar-refractivity contribution in [1.82, 2.24) is 0 Å². The van der Waals surface area contributed by atoms with E-state index in [0.29, 0.717) is 5.56 Å². The molecule has 0 amide bonds. The summed E-state index contributed by atoms with van der Waals surface area (Å²) in [5, 5.41) is 10.7. The summed E-state index contributed by atoms with van der Waals surface area (Å²) < 4.78 is 11.1. The SMILES string of the molecule is COC(=O)C(OC(C)(C)C)c1c(C)ccc(O)c1C1=CCC(C)(C)CC1. The fraction of sp³-hybridized carbons (Fsp3) is 0.591. The number of carbonyl (C=O) groups excluding carboxylic acids is 1. The number of ether oxygens (including phenoxy) is 2. The number of hydrogen-bond donors (Lipinski definition) is 1. The molecule has 0 aromatic heterocycles. The van der Waals surface area contributed by atoms with E-state index in [0.717, 1.165) is 36.0 Å². The highest BCUT2D eigenvalue weighted by Gasteiger charge is 2.34. The van der Waals surface area contributed by atoms with E-state index in [1.54, 1.807) is 6.07 Å². The van der Waals surface area contributed by atoms with E-state index < -0.39 is 17.7 Å². The van der Waals surface area contributed by atoms with Crippen LogP contribution in [0.25, 0.3) is 5.57 Å². The Hall–Kier alpha value is -1.81. The number of rotatable bonds is 4. The van der Waals surface area contributed by atoms with Crippen LogP contribution >= 0.6 is 0 Å². The Balaban J connectivity index is 2.62. The number of phenols is 1. The summed E-state index contributed by atoms with van der Waals surface area (Å²) in [5.41, 5.74) is 3.14. The molecular weight excluding hydrogens is 328 g/mol. The van der Waals surface area contributed by atoms with Crippen LogP contribution in [0.1, 0.15) is 76.7 Å². The number of benzene rings is 1. The van der Waals surface area contributed by atoms with Crippen molar-refractivity contribution < 1.29 is 19.4 Å². The summed E-state index contributed by atoms with van der Waals surface area (Å²) in [6, 6.07) is 3.52. The molecular formula is C22H32O4. The molecule has 1 atom stereocenters. The molecule has 2 rings (SSSR count). The molecule has 0 fully saturated rings. The summed E-state index contributed by atoms with van der Waals surface area (Å²) in [6.45, 7) is 12.2. The number of methoxy groups -OCH3 is 1. The molecule has 144 valence electrons. The van der Waals surface area contributed by atoms with Crippen LogP contribution in [0.2, 0.25) is 0 Å². The van der Waals surface area contributed by atoms with Crippen LogP contribution < -0.4 is 0 Å². The first-order valence-electron chi connectivity index (χ1n) is 9.23. The van der Waals surface area contributed by atoms with Gasteiger partial charge < -0.3 is 14.6 Å². The first-order valence-corrected chi connectivity index (χ1v) is 9.23. The van der Waals surface area contributed by atoms with Crippen molar-refractivity contribution in [3.63, 3.8) is 0 Å². The maximum atomic E-state index is 12.5. The van der Waals surface area contributed by atoms with Crippen LogP contribution in [0.5, 0.6) is 5.75 Å². The summed E-state index contributed by atoms with van der Waals surface area (Å²) in [5.74, 6) is -0.269. The molecule has 26 heavy (non-hydrogen) atoms. The molecule has 1 aromatic rings. The van der Waals surface area contributed by atoms with Gasteiger partial charge in [0.05, 0.1) is 12.7 Å². The van der Waals surface area contributed by atoms with E-state index in [1.807, 2.05) is 33.8 Å². The van der Waals surface area contributed by atoms with Crippen LogP contribution in [-0.4, -0.2) is 23.8 Å². The van der Waals surface area contributed by atoms with Crippen LogP contribution in [0.15, 0.2) is 18.2 Å². The molecule has 1 aliphatic carbocycles. The zero-order valence-corrected chi connectivity index (χ0v) is 17.1. The predicted octanol–water partition coefficient (Wildman–Crippen LogP) is 5.32. The molecule has 0 radical (unpaired) electrons. The second-order valence-electron chi connectivity index (χ2n) is 8.92. The van der Waals surface area contributed by atoms with Crippen molar-refractivity contribution in [3.8, 4) is 5.75 Å². The highest BCUT2D eigenvalue weighted by Crippen LogP contribution is 2.44. The normalized spacial score (nSPS) is 18.2. The third-order valence-corrected chi connectivity index (χ3v) is 4.88. The van der Waals surface area contributed by atoms with E-state index in [1.165, 1.54) is 7.11 Å². The molecule has 1 aliphatic rings. The Morgan fingerprint density at radius 1 is 1.27 bits per heavy atom. The van der Waals surface area contributed by atoms with Gasteiger partial charge in [0, 0.05) is 11.1 Å². The minimum atomic E-state index is -0.877. The van der Waals surface area contributed by atoms with Crippen LogP contribution in [0.3, 0.4) is 0 Å². The number of hydrogen-bond acceptors (Lipinski definition) is 4.